The molecule has 0 aromatic heterocycles. The number of piperidine rings is 1. The average molecular weight is 484 g/mol. The molecule has 3 atom stereocenters. The fourth-order valence-corrected chi connectivity index (χ4v) is 6.56. The van der Waals surface area contributed by atoms with E-state index in [1.54, 1.807) is 6.07 Å². The summed E-state index contributed by atoms with van der Waals surface area (Å²) in [6, 6.07) is 8.84. The monoisotopic (exact) mass is 483 g/mol. The summed E-state index contributed by atoms with van der Waals surface area (Å²) >= 11 is 0. The fourth-order valence-electron chi connectivity index (χ4n) is 6.56. The van der Waals surface area contributed by atoms with Gasteiger partial charge in [-0.1, -0.05) is 31.4 Å². The van der Waals surface area contributed by atoms with E-state index in [1.807, 2.05) is 17.0 Å². The maximum atomic E-state index is 13.1. The normalized spacial score (nSPS) is 24.8. The zero-order valence-electron chi connectivity index (χ0n) is 21.1. The summed E-state index contributed by atoms with van der Waals surface area (Å²) in [6.45, 7) is 2.43. The number of carbonyl (C=O) groups excluding carboxylic acids is 3. The van der Waals surface area contributed by atoms with Crippen molar-refractivity contribution in [2.45, 2.75) is 88.6 Å². The molecule has 0 spiro atoms. The van der Waals surface area contributed by atoms with Crippen LogP contribution in [0, 0.1) is 5.92 Å². The fraction of sp³-hybridized carbons (Fsp3) is 0.679. The molecule has 1 aromatic rings. The number of methoxy groups -OCH3 is 1. The summed E-state index contributed by atoms with van der Waals surface area (Å²) in [7, 11) is 1.37. The lowest BCUT2D eigenvalue weighted by Crippen LogP contribution is -2.47. The van der Waals surface area contributed by atoms with Gasteiger partial charge < -0.3 is 15.4 Å². The zero-order valence-corrected chi connectivity index (χ0v) is 21.1. The van der Waals surface area contributed by atoms with E-state index in [1.165, 1.54) is 57.6 Å². The van der Waals surface area contributed by atoms with Gasteiger partial charge in [-0.25, -0.2) is 0 Å². The molecule has 35 heavy (non-hydrogen) atoms. The number of carbonyl (C=O) groups is 3. The van der Waals surface area contributed by atoms with E-state index in [-0.39, 0.29) is 30.6 Å². The highest BCUT2D eigenvalue weighted by molar-refractivity contribution is 5.92. The van der Waals surface area contributed by atoms with Gasteiger partial charge in [0, 0.05) is 43.7 Å². The number of nitrogens with two attached hydrogens (primary N) is 1. The van der Waals surface area contributed by atoms with Crippen LogP contribution in [-0.4, -0.2) is 66.4 Å². The Hall–Kier alpha value is -2.41. The van der Waals surface area contributed by atoms with Gasteiger partial charge in [0.05, 0.1) is 13.5 Å². The Balaban J connectivity index is 1.36. The topological polar surface area (TPSA) is 92.9 Å². The van der Waals surface area contributed by atoms with Gasteiger partial charge in [-0.3, -0.25) is 19.3 Å². The van der Waals surface area contributed by atoms with Gasteiger partial charge in [0.25, 0.3) is 0 Å². The molecule has 3 aliphatic rings. The number of ether oxygens (including phenoxy) is 1. The number of benzene rings is 1. The molecule has 1 aliphatic carbocycles. The number of primary amides is 1. The van der Waals surface area contributed by atoms with E-state index < -0.39 is 0 Å². The van der Waals surface area contributed by atoms with Crippen LogP contribution in [0.3, 0.4) is 0 Å². The molecule has 2 aliphatic heterocycles. The molecule has 192 valence electrons. The van der Waals surface area contributed by atoms with Gasteiger partial charge in [0.1, 0.15) is 0 Å². The summed E-state index contributed by atoms with van der Waals surface area (Å²) in [6.07, 6.45) is 11.1. The zero-order chi connectivity index (χ0) is 24.8. The molecule has 0 radical (unpaired) electrons. The van der Waals surface area contributed by atoms with Gasteiger partial charge in [-0.2, -0.15) is 0 Å². The van der Waals surface area contributed by atoms with Crippen molar-refractivity contribution >= 4 is 17.8 Å². The molecule has 3 fully saturated rings. The largest absolute Gasteiger partial charge is 0.469 e. The van der Waals surface area contributed by atoms with Crippen molar-refractivity contribution < 1.29 is 19.1 Å². The summed E-state index contributed by atoms with van der Waals surface area (Å²) in [5.74, 6) is 0.402. The lowest BCUT2D eigenvalue weighted by Gasteiger charge is -2.40. The molecular formula is C28H41N3O4. The summed E-state index contributed by atoms with van der Waals surface area (Å²) in [5, 5.41) is 0. The van der Waals surface area contributed by atoms with E-state index >= 15 is 0 Å². The molecule has 4 rings (SSSR count). The van der Waals surface area contributed by atoms with Crippen molar-refractivity contribution in [2.75, 3.05) is 26.7 Å². The van der Waals surface area contributed by atoms with Crippen LogP contribution in [0.15, 0.2) is 24.3 Å². The first-order valence-electron chi connectivity index (χ1n) is 13.4. The van der Waals surface area contributed by atoms with Crippen LogP contribution in [0.2, 0.25) is 0 Å². The molecule has 2 heterocycles. The number of amides is 2. The van der Waals surface area contributed by atoms with Crippen molar-refractivity contribution in [3.05, 3.63) is 35.4 Å². The van der Waals surface area contributed by atoms with Crippen molar-refractivity contribution in [3.8, 4) is 0 Å². The van der Waals surface area contributed by atoms with E-state index in [0.717, 1.165) is 32.5 Å². The number of hydrogen-bond acceptors (Lipinski definition) is 5. The highest BCUT2D eigenvalue weighted by Crippen LogP contribution is 2.43. The van der Waals surface area contributed by atoms with Crippen molar-refractivity contribution in [3.63, 3.8) is 0 Å². The third kappa shape index (κ3) is 6.63. The maximum absolute atomic E-state index is 13.1. The van der Waals surface area contributed by atoms with Crippen LogP contribution < -0.4 is 5.73 Å². The van der Waals surface area contributed by atoms with E-state index in [4.69, 9.17) is 10.5 Å². The van der Waals surface area contributed by atoms with Crippen LogP contribution in [0.25, 0.3) is 0 Å². The Kier molecular flexibility index (Phi) is 8.82. The molecule has 2 saturated heterocycles. The molecule has 7 heteroatoms. The lowest BCUT2D eigenvalue weighted by molar-refractivity contribution is -0.143. The summed E-state index contributed by atoms with van der Waals surface area (Å²) in [4.78, 5) is 41.0. The van der Waals surface area contributed by atoms with Gasteiger partial charge in [-0.05, 0) is 68.1 Å². The highest BCUT2D eigenvalue weighted by Gasteiger charge is 2.41. The van der Waals surface area contributed by atoms with Crippen LogP contribution in [0.5, 0.6) is 0 Å². The molecule has 2 amide bonds. The van der Waals surface area contributed by atoms with Gasteiger partial charge in [-0.15, -0.1) is 0 Å². The van der Waals surface area contributed by atoms with E-state index in [2.05, 4.69) is 11.0 Å². The van der Waals surface area contributed by atoms with E-state index in [9.17, 15) is 14.4 Å². The Morgan fingerprint density at radius 2 is 1.74 bits per heavy atom. The first-order valence-corrected chi connectivity index (χ1v) is 13.4. The second kappa shape index (κ2) is 12.0. The molecular weight excluding hydrogens is 442 g/mol. The molecule has 1 saturated carbocycles. The SMILES string of the molecule is COC(=O)CCC(=O)N(CCN1[C@@H]2CC[C@H]1CC(c1cccc(C(N)=O)c1)C2)CC1CCCCC1. The summed E-state index contributed by atoms with van der Waals surface area (Å²) in [5.41, 5.74) is 7.30. The minimum atomic E-state index is -0.373. The number of rotatable bonds is 10. The quantitative estimate of drug-likeness (QED) is 0.510. The second-order valence-electron chi connectivity index (χ2n) is 10.7. The second-order valence-corrected chi connectivity index (χ2v) is 10.7. The Bertz CT molecular complexity index is 884. The lowest BCUT2D eigenvalue weighted by atomic mass is 9.84. The molecule has 7 nitrogen and oxygen atoms in total. The standard InChI is InChI=1S/C28H41N3O4/c1-35-27(33)13-12-26(32)30(19-20-6-3-2-4-7-20)14-15-31-24-10-11-25(31)18-23(17-24)21-8-5-9-22(16-21)28(29)34/h5,8-9,16,20,23-25H,2-4,6-7,10-15,17-19H2,1H3,(H2,29,34)/t23?,24-,25+. The van der Waals surface area contributed by atoms with Gasteiger partial charge in [0.2, 0.25) is 11.8 Å². The highest BCUT2D eigenvalue weighted by atomic mass is 16.5. The number of esters is 1. The summed E-state index contributed by atoms with van der Waals surface area (Å²) < 4.78 is 4.75. The maximum Gasteiger partial charge on any atom is 0.306 e. The van der Waals surface area contributed by atoms with Crippen LogP contribution in [0.1, 0.15) is 92.5 Å². The predicted molar refractivity (Wildman–Crippen MR) is 135 cm³/mol. The van der Waals surface area contributed by atoms with Crippen LogP contribution in [0.4, 0.5) is 0 Å². The first-order chi connectivity index (χ1) is 16.9. The number of fused-ring (bicyclic) bond motifs is 2. The molecule has 1 aromatic carbocycles. The third-order valence-electron chi connectivity index (χ3n) is 8.48. The minimum absolute atomic E-state index is 0.0754. The average Bonchev–Trinajstić information content (AvgIpc) is 3.11. The smallest absolute Gasteiger partial charge is 0.306 e. The predicted octanol–water partition coefficient (Wildman–Crippen LogP) is 3.86. The Labute approximate surface area is 209 Å². The Morgan fingerprint density at radius 3 is 2.40 bits per heavy atom. The van der Waals surface area contributed by atoms with Crippen LogP contribution >= 0.6 is 0 Å². The van der Waals surface area contributed by atoms with Gasteiger partial charge in [0.15, 0.2) is 0 Å². The molecule has 1 unspecified atom stereocenters. The van der Waals surface area contributed by atoms with Crippen LogP contribution in [-0.2, 0) is 14.3 Å². The first kappa shape index (κ1) is 25.7. The number of nitrogens with zero attached hydrogens (tertiary/aromatic N) is 2. The van der Waals surface area contributed by atoms with Gasteiger partial charge >= 0.3 is 5.97 Å². The minimum Gasteiger partial charge on any atom is -0.469 e. The number of hydrogen-bond donors (Lipinski definition) is 1. The molecule has 2 bridgehead atoms. The van der Waals surface area contributed by atoms with Crippen molar-refractivity contribution in [2.24, 2.45) is 11.7 Å². The van der Waals surface area contributed by atoms with E-state index in [0.29, 0.717) is 29.5 Å². The Morgan fingerprint density at radius 1 is 1.03 bits per heavy atom. The molecule has 2 N–H and O–H groups in total. The third-order valence-corrected chi connectivity index (χ3v) is 8.48. The van der Waals surface area contributed by atoms with Crippen molar-refractivity contribution in [1.29, 1.82) is 0 Å². The van der Waals surface area contributed by atoms with Crippen molar-refractivity contribution in [1.82, 2.24) is 9.80 Å².